The molecule has 0 bridgehead atoms. The van der Waals surface area contributed by atoms with Crippen LogP contribution in [0.2, 0.25) is 0 Å². The van der Waals surface area contributed by atoms with Gasteiger partial charge < -0.3 is 10.6 Å². The van der Waals surface area contributed by atoms with Crippen molar-refractivity contribution in [1.82, 2.24) is 9.97 Å². The molecule has 132 valence electrons. The average molecular weight is 358 g/mol. The van der Waals surface area contributed by atoms with Gasteiger partial charge in [0, 0.05) is 11.4 Å². The first-order valence-corrected chi connectivity index (χ1v) is 7.54. The third kappa shape index (κ3) is 4.35. The number of benzene rings is 2. The van der Waals surface area contributed by atoms with Crippen LogP contribution in [-0.4, -0.2) is 15.9 Å². The van der Waals surface area contributed by atoms with Gasteiger partial charge in [-0.15, -0.1) is 0 Å². The quantitative estimate of drug-likeness (QED) is 0.721. The Kier molecular flexibility index (Phi) is 4.83. The fraction of sp³-hybridized carbons (Fsp3) is 0.0556. The van der Waals surface area contributed by atoms with Gasteiger partial charge >= 0.3 is 6.18 Å². The molecule has 0 saturated heterocycles. The predicted molar refractivity (Wildman–Crippen MR) is 91.2 cm³/mol. The molecule has 8 heteroatoms. The van der Waals surface area contributed by atoms with E-state index in [9.17, 15) is 18.0 Å². The number of hydrogen-bond acceptors (Lipinski definition) is 4. The van der Waals surface area contributed by atoms with Crippen molar-refractivity contribution < 1.29 is 18.0 Å². The molecule has 3 rings (SSSR count). The number of nitrogens with zero attached hydrogens (tertiary/aromatic N) is 2. The first-order chi connectivity index (χ1) is 12.4. The van der Waals surface area contributed by atoms with Gasteiger partial charge in [-0.3, -0.25) is 4.79 Å². The van der Waals surface area contributed by atoms with Gasteiger partial charge in [0.2, 0.25) is 0 Å². The summed E-state index contributed by atoms with van der Waals surface area (Å²) in [4.78, 5) is 20.2. The first kappa shape index (κ1) is 17.4. The van der Waals surface area contributed by atoms with E-state index in [0.717, 1.165) is 17.8 Å². The number of halogens is 3. The Bertz CT molecular complexity index is 896. The Labute approximate surface area is 146 Å². The van der Waals surface area contributed by atoms with Gasteiger partial charge in [-0.25, -0.2) is 9.97 Å². The van der Waals surface area contributed by atoms with Gasteiger partial charge in [-0.2, -0.15) is 13.2 Å². The zero-order valence-electron chi connectivity index (χ0n) is 13.3. The minimum Gasteiger partial charge on any atom is -0.339 e. The van der Waals surface area contributed by atoms with Gasteiger partial charge in [0.15, 0.2) is 0 Å². The Morgan fingerprint density at radius 1 is 0.885 bits per heavy atom. The Hall–Kier alpha value is -3.42. The normalized spacial score (nSPS) is 11.0. The van der Waals surface area contributed by atoms with Crippen molar-refractivity contribution in [2.75, 3.05) is 10.6 Å². The number of nitrogens with one attached hydrogen (secondary N) is 2. The van der Waals surface area contributed by atoms with Crippen LogP contribution >= 0.6 is 0 Å². The topological polar surface area (TPSA) is 66.9 Å². The molecule has 3 aromatic rings. The number of aromatic nitrogens is 2. The van der Waals surface area contributed by atoms with Crippen LogP contribution in [0.3, 0.4) is 0 Å². The molecule has 0 radical (unpaired) electrons. The molecule has 0 spiro atoms. The lowest BCUT2D eigenvalue weighted by Crippen LogP contribution is -2.15. The summed E-state index contributed by atoms with van der Waals surface area (Å²) < 4.78 is 38.1. The molecule has 0 fully saturated rings. The number of amides is 1. The van der Waals surface area contributed by atoms with Crippen molar-refractivity contribution >= 4 is 23.1 Å². The fourth-order valence-electron chi connectivity index (χ4n) is 2.15. The van der Waals surface area contributed by atoms with Crippen LogP contribution in [0.5, 0.6) is 0 Å². The molecule has 0 aliphatic rings. The molecular weight excluding hydrogens is 345 g/mol. The number of carbonyl (C=O) groups excluding carboxylic acids is 1. The van der Waals surface area contributed by atoms with E-state index in [1.807, 2.05) is 30.3 Å². The van der Waals surface area contributed by atoms with Crippen molar-refractivity contribution in [3.05, 3.63) is 78.2 Å². The minimum absolute atomic E-state index is 0.0129. The highest BCUT2D eigenvalue weighted by atomic mass is 19.4. The summed E-state index contributed by atoms with van der Waals surface area (Å²) in [5.41, 5.74) is -0.0223. The van der Waals surface area contributed by atoms with E-state index in [2.05, 4.69) is 20.6 Å². The number of alkyl halides is 3. The second-order valence-electron chi connectivity index (χ2n) is 5.31. The molecule has 1 amide bonds. The van der Waals surface area contributed by atoms with Crippen LogP contribution in [0.25, 0.3) is 0 Å². The van der Waals surface area contributed by atoms with Crippen LogP contribution in [0.1, 0.15) is 16.1 Å². The highest BCUT2D eigenvalue weighted by Gasteiger charge is 2.30. The second-order valence-corrected chi connectivity index (χ2v) is 5.31. The van der Waals surface area contributed by atoms with Gasteiger partial charge in [0.05, 0.1) is 18.0 Å². The summed E-state index contributed by atoms with van der Waals surface area (Å²) in [7, 11) is 0. The molecule has 0 atom stereocenters. The summed E-state index contributed by atoms with van der Waals surface area (Å²) in [6.45, 7) is 0. The maximum atomic E-state index is 12.7. The Morgan fingerprint density at radius 2 is 1.62 bits per heavy atom. The molecule has 0 saturated carbocycles. The van der Waals surface area contributed by atoms with Crippen molar-refractivity contribution in [3.8, 4) is 0 Å². The van der Waals surface area contributed by atoms with Gasteiger partial charge in [0.1, 0.15) is 11.5 Å². The average Bonchev–Trinajstić information content (AvgIpc) is 2.63. The molecule has 1 aromatic heterocycles. The number of carbonyl (C=O) groups is 1. The van der Waals surface area contributed by atoms with Gasteiger partial charge in [-0.05, 0) is 30.3 Å². The highest BCUT2D eigenvalue weighted by Crippen LogP contribution is 2.30. The number of anilines is 3. The second kappa shape index (κ2) is 7.22. The smallest absolute Gasteiger partial charge is 0.339 e. The zero-order chi connectivity index (χ0) is 18.6. The van der Waals surface area contributed by atoms with Crippen LogP contribution in [0.4, 0.5) is 30.4 Å². The lowest BCUT2D eigenvalue weighted by atomic mass is 10.2. The van der Waals surface area contributed by atoms with Crippen LogP contribution in [0, 0.1) is 0 Å². The molecule has 0 unspecified atom stereocenters. The van der Waals surface area contributed by atoms with E-state index in [4.69, 9.17) is 0 Å². The Balaban J connectivity index is 1.69. The SMILES string of the molecule is O=C(Nc1cccc(C(F)(F)F)c1)c1cnc(Nc2ccccc2)cn1. The van der Waals surface area contributed by atoms with Crippen molar-refractivity contribution in [1.29, 1.82) is 0 Å². The molecule has 26 heavy (non-hydrogen) atoms. The lowest BCUT2D eigenvalue weighted by molar-refractivity contribution is -0.137. The zero-order valence-corrected chi connectivity index (χ0v) is 13.3. The largest absolute Gasteiger partial charge is 0.416 e. The molecule has 2 N–H and O–H groups in total. The summed E-state index contributed by atoms with van der Waals surface area (Å²) in [6, 6.07) is 13.6. The first-order valence-electron chi connectivity index (χ1n) is 7.54. The fourth-order valence-corrected chi connectivity index (χ4v) is 2.15. The molecule has 5 nitrogen and oxygen atoms in total. The summed E-state index contributed by atoms with van der Waals surface area (Å²) in [5.74, 6) is -0.213. The van der Waals surface area contributed by atoms with Crippen LogP contribution in [-0.2, 0) is 6.18 Å². The van der Waals surface area contributed by atoms with E-state index in [1.54, 1.807) is 0 Å². The van der Waals surface area contributed by atoms with Gasteiger partial charge in [-0.1, -0.05) is 24.3 Å². The monoisotopic (exact) mass is 358 g/mol. The summed E-state index contributed by atoms with van der Waals surface area (Å²) in [6.07, 6.45) is -1.87. The van der Waals surface area contributed by atoms with E-state index in [-0.39, 0.29) is 11.4 Å². The van der Waals surface area contributed by atoms with Crippen molar-refractivity contribution in [2.24, 2.45) is 0 Å². The summed E-state index contributed by atoms with van der Waals surface area (Å²) in [5, 5.41) is 5.39. The maximum absolute atomic E-state index is 12.7. The molecule has 0 aliphatic heterocycles. The number of para-hydroxylation sites is 1. The lowest BCUT2D eigenvalue weighted by Gasteiger charge is -2.10. The number of rotatable bonds is 4. The third-order valence-electron chi connectivity index (χ3n) is 3.38. The van der Waals surface area contributed by atoms with Gasteiger partial charge in [0.25, 0.3) is 5.91 Å². The molecule has 2 aromatic carbocycles. The maximum Gasteiger partial charge on any atom is 0.416 e. The minimum atomic E-state index is -4.48. The third-order valence-corrected chi connectivity index (χ3v) is 3.38. The van der Waals surface area contributed by atoms with E-state index in [1.165, 1.54) is 24.5 Å². The Morgan fingerprint density at radius 3 is 2.27 bits per heavy atom. The predicted octanol–water partition coefficient (Wildman–Crippen LogP) is 4.49. The highest BCUT2D eigenvalue weighted by molar-refractivity contribution is 6.02. The molecular formula is C18H13F3N4O. The van der Waals surface area contributed by atoms with E-state index < -0.39 is 17.6 Å². The number of hydrogen-bond donors (Lipinski definition) is 2. The summed E-state index contributed by atoms with van der Waals surface area (Å²) >= 11 is 0. The van der Waals surface area contributed by atoms with Crippen LogP contribution in [0.15, 0.2) is 67.0 Å². The van der Waals surface area contributed by atoms with E-state index in [0.29, 0.717) is 5.82 Å². The molecule has 1 heterocycles. The standard InChI is InChI=1S/C18H13F3N4O/c19-18(20,21)12-5-4-8-14(9-12)25-17(26)15-10-23-16(11-22-15)24-13-6-2-1-3-7-13/h1-11H,(H,23,24)(H,25,26). The van der Waals surface area contributed by atoms with Crippen LogP contribution < -0.4 is 10.6 Å². The van der Waals surface area contributed by atoms with Crippen molar-refractivity contribution in [3.63, 3.8) is 0 Å². The van der Waals surface area contributed by atoms with E-state index >= 15 is 0 Å². The van der Waals surface area contributed by atoms with Crippen molar-refractivity contribution in [2.45, 2.75) is 6.18 Å². The molecule has 0 aliphatic carbocycles.